The van der Waals surface area contributed by atoms with Crippen LogP contribution in [0.15, 0.2) is 69.2 Å². The van der Waals surface area contributed by atoms with Crippen LogP contribution in [0.4, 0.5) is 0 Å². The molecule has 2 aromatic carbocycles. The highest BCUT2D eigenvalue weighted by molar-refractivity contribution is 7.15. The van der Waals surface area contributed by atoms with Crippen molar-refractivity contribution in [2.45, 2.75) is 20.5 Å². The van der Waals surface area contributed by atoms with Crippen LogP contribution in [0.5, 0.6) is 0 Å². The molecule has 0 aliphatic heterocycles. The second-order valence-corrected chi connectivity index (χ2v) is 8.30. The highest BCUT2D eigenvalue weighted by Crippen LogP contribution is 2.26. The Morgan fingerprint density at radius 2 is 1.82 bits per heavy atom. The Morgan fingerprint density at radius 3 is 2.61 bits per heavy atom. The van der Waals surface area contributed by atoms with E-state index in [0.29, 0.717) is 33.6 Å². The van der Waals surface area contributed by atoms with Crippen LogP contribution in [0.25, 0.3) is 27.9 Å². The average molecular weight is 458 g/mol. The third kappa shape index (κ3) is 4.06. The van der Waals surface area contributed by atoms with Crippen LogP contribution >= 0.6 is 11.3 Å². The first-order valence-electron chi connectivity index (χ1n) is 10.1. The molecule has 9 heteroatoms. The molecule has 164 valence electrons. The number of aromatic nitrogens is 4. The van der Waals surface area contributed by atoms with E-state index in [1.54, 1.807) is 24.3 Å². The zero-order valence-corrected chi connectivity index (χ0v) is 18.6. The summed E-state index contributed by atoms with van der Waals surface area (Å²) in [5.41, 5.74) is 4.00. The number of benzene rings is 2. The average Bonchev–Trinajstić information content (AvgIpc) is 3.45. The van der Waals surface area contributed by atoms with Gasteiger partial charge in [-0.25, -0.2) is 9.78 Å². The SMILES string of the molecule is Cc1ccccc1-c1nnc(-c2ccc(C(=O)OCc3cc(=O)n4c(C)csc4n3)cc2)o1. The molecule has 5 aromatic rings. The fourth-order valence-electron chi connectivity index (χ4n) is 3.41. The van der Waals surface area contributed by atoms with Crippen LogP contribution in [0.1, 0.15) is 27.3 Å². The molecule has 0 radical (unpaired) electrons. The summed E-state index contributed by atoms with van der Waals surface area (Å²) in [5.74, 6) is 0.280. The summed E-state index contributed by atoms with van der Waals surface area (Å²) in [7, 11) is 0. The molecule has 0 fully saturated rings. The van der Waals surface area contributed by atoms with E-state index >= 15 is 0 Å². The molecule has 0 amide bonds. The monoisotopic (exact) mass is 458 g/mol. The van der Waals surface area contributed by atoms with Crippen molar-refractivity contribution in [2.75, 3.05) is 0 Å². The summed E-state index contributed by atoms with van der Waals surface area (Å²) in [5, 5.41) is 10.1. The molecule has 0 saturated carbocycles. The van der Waals surface area contributed by atoms with Gasteiger partial charge in [0, 0.05) is 28.3 Å². The number of ether oxygens (including phenoxy) is 1. The van der Waals surface area contributed by atoms with E-state index in [-0.39, 0.29) is 12.2 Å². The summed E-state index contributed by atoms with van der Waals surface area (Å²) in [4.78, 5) is 29.7. The largest absolute Gasteiger partial charge is 0.456 e. The lowest BCUT2D eigenvalue weighted by molar-refractivity contribution is 0.0468. The van der Waals surface area contributed by atoms with Gasteiger partial charge in [-0.2, -0.15) is 0 Å². The fourth-order valence-corrected chi connectivity index (χ4v) is 4.30. The number of nitrogens with zero attached hydrogens (tertiary/aromatic N) is 4. The van der Waals surface area contributed by atoms with Crippen molar-refractivity contribution in [3.63, 3.8) is 0 Å². The molecular weight excluding hydrogens is 440 g/mol. The normalized spacial score (nSPS) is 11.1. The van der Waals surface area contributed by atoms with Gasteiger partial charge < -0.3 is 9.15 Å². The fraction of sp³-hybridized carbons (Fsp3) is 0.125. The molecule has 3 heterocycles. The summed E-state index contributed by atoms with van der Waals surface area (Å²) in [6.45, 7) is 3.73. The molecule has 5 rings (SSSR count). The highest BCUT2D eigenvalue weighted by atomic mass is 32.1. The zero-order valence-electron chi connectivity index (χ0n) is 17.8. The first-order valence-corrected chi connectivity index (χ1v) is 11.0. The summed E-state index contributed by atoms with van der Waals surface area (Å²) >= 11 is 1.36. The van der Waals surface area contributed by atoms with Crippen LogP contribution in [0.3, 0.4) is 0 Å². The van der Waals surface area contributed by atoms with Crippen molar-refractivity contribution in [3.8, 4) is 22.9 Å². The predicted octanol–water partition coefficient (Wildman–Crippen LogP) is 4.45. The lowest BCUT2D eigenvalue weighted by atomic mass is 10.1. The molecule has 0 atom stereocenters. The smallest absolute Gasteiger partial charge is 0.338 e. The Bertz CT molecular complexity index is 1530. The van der Waals surface area contributed by atoms with Crippen LogP contribution in [0.2, 0.25) is 0 Å². The second kappa shape index (κ2) is 8.44. The standard InChI is InChI=1S/C24H18N4O4S/c1-14-5-3-4-6-19(14)22-27-26-21(32-22)16-7-9-17(10-8-16)23(30)31-12-18-11-20(29)28-15(2)13-33-24(28)25-18/h3-11,13H,12H2,1-2H3. The third-order valence-corrected chi connectivity index (χ3v) is 6.09. The maximum atomic E-state index is 12.5. The Labute approximate surface area is 192 Å². The van der Waals surface area contributed by atoms with Crippen molar-refractivity contribution in [2.24, 2.45) is 0 Å². The predicted molar refractivity (Wildman–Crippen MR) is 123 cm³/mol. The number of rotatable bonds is 5. The van der Waals surface area contributed by atoms with E-state index in [4.69, 9.17) is 9.15 Å². The van der Waals surface area contributed by atoms with Crippen molar-refractivity contribution < 1.29 is 13.9 Å². The van der Waals surface area contributed by atoms with Gasteiger partial charge in [-0.1, -0.05) is 18.2 Å². The molecule has 0 aliphatic rings. The van der Waals surface area contributed by atoms with E-state index in [9.17, 15) is 9.59 Å². The number of thiazole rings is 1. The van der Waals surface area contributed by atoms with Crippen LogP contribution in [0, 0.1) is 13.8 Å². The minimum absolute atomic E-state index is 0.0906. The van der Waals surface area contributed by atoms with E-state index in [1.807, 2.05) is 43.5 Å². The molecule has 0 saturated heterocycles. The van der Waals surface area contributed by atoms with Gasteiger partial charge in [0.1, 0.15) is 6.61 Å². The maximum Gasteiger partial charge on any atom is 0.338 e. The molecule has 33 heavy (non-hydrogen) atoms. The van der Waals surface area contributed by atoms with Gasteiger partial charge in [0.2, 0.25) is 11.8 Å². The first kappa shape index (κ1) is 20.8. The molecule has 3 aromatic heterocycles. The van der Waals surface area contributed by atoms with Gasteiger partial charge in [0.15, 0.2) is 4.96 Å². The number of carbonyl (C=O) groups excluding carboxylic acids is 1. The van der Waals surface area contributed by atoms with Gasteiger partial charge in [-0.15, -0.1) is 21.5 Å². The van der Waals surface area contributed by atoms with Crippen LogP contribution < -0.4 is 5.56 Å². The van der Waals surface area contributed by atoms with Crippen molar-refractivity contribution in [1.29, 1.82) is 0 Å². The van der Waals surface area contributed by atoms with E-state index in [1.165, 1.54) is 21.8 Å². The lowest BCUT2D eigenvalue weighted by Crippen LogP contribution is -2.16. The molecule has 0 bridgehead atoms. The van der Waals surface area contributed by atoms with E-state index < -0.39 is 5.97 Å². The third-order valence-electron chi connectivity index (χ3n) is 5.15. The van der Waals surface area contributed by atoms with E-state index in [0.717, 1.165) is 16.8 Å². The Kier molecular flexibility index (Phi) is 5.31. The van der Waals surface area contributed by atoms with Crippen LogP contribution in [-0.4, -0.2) is 25.6 Å². The first-order chi connectivity index (χ1) is 16.0. The van der Waals surface area contributed by atoms with Crippen molar-refractivity contribution in [3.05, 3.63) is 92.8 Å². The van der Waals surface area contributed by atoms with Gasteiger partial charge in [0.05, 0.1) is 11.3 Å². The molecule has 0 unspecified atom stereocenters. The number of hydrogen-bond acceptors (Lipinski definition) is 8. The minimum atomic E-state index is -0.517. The number of carbonyl (C=O) groups is 1. The second-order valence-electron chi connectivity index (χ2n) is 7.46. The Balaban J connectivity index is 1.28. The quantitative estimate of drug-likeness (QED) is 0.359. The molecule has 8 nitrogen and oxygen atoms in total. The van der Waals surface area contributed by atoms with Crippen molar-refractivity contribution in [1.82, 2.24) is 19.6 Å². The Hall–Kier alpha value is -4.11. The number of fused-ring (bicyclic) bond motifs is 1. The molecule has 0 spiro atoms. The van der Waals surface area contributed by atoms with Gasteiger partial charge >= 0.3 is 5.97 Å². The van der Waals surface area contributed by atoms with Gasteiger partial charge in [-0.3, -0.25) is 9.20 Å². The summed E-state index contributed by atoms with van der Waals surface area (Å²) in [6, 6.07) is 15.8. The Morgan fingerprint density at radius 1 is 1.06 bits per heavy atom. The number of hydrogen-bond donors (Lipinski definition) is 0. The minimum Gasteiger partial charge on any atom is -0.456 e. The number of aryl methyl sites for hydroxylation is 2. The van der Waals surface area contributed by atoms with Crippen molar-refractivity contribution >= 4 is 22.3 Å². The summed E-state index contributed by atoms with van der Waals surface area (Å²) < 4.78 is 12.7. The number of esters is 1. The lowest BCUT2D eigenvalue weighted by Gasteiger charge is -2.05. The molecule has 0 aliphatic carbocycles. The van der Waals surface area contributed by atoms with Gasteiger partial charge in [0.25, 0.3) is 5.56 Å². The topological polar surface area (TPSA) is 99.6 Å². The molecular formula is C24H18N4O4S. The highest BCUT2D eigenvalue weighted by Gasteiger charge is 2.14. The zero-order chi connectivity index (χ0) is 22.9. The molecule has 0 N–H and O–H groups in total. The van der Waals surface area contributed by atoms with E-state index in [2.05, 4.69) is 15.2 Å². The summed E-state index contributed by atoms with van der Waals surface area (Å²) in [6.07, 6.45) is 0. The maximum absolute atomic E-state index is 12.5. The van der Waals surface area contributed by atoms with Crippen LogP contribution in [-0.2, 0) is 11.3 Å². The van der Waals surface area contributed by atoms with Gasteiger partial charge in [-0.05, 0) is 49.7 Å².